The normalized spacial score (nSPS) is 8.00. The predicted molar refractivity (Wildman–Crippen MR) is 87.6 cm³/mol. The minimum absolute atomic E-state index is 1.13. The third kappa shape index (κ3) is 31.3. The average Bonchev–Trinajstić information content (AvgIpc) is 2.45. The maximum atomic E-state index is 3.83. The molecule has 1 heteroatoms. The molecule has 0 aromatic heterocycles. The van der Waals surface area contributed by atoms with E-state index in [1.807, 2.05) is 76.3 Å². The van der Waals surface area contributed by atoms with E-state index < -0.39 is 0 Å². The molecule has 0 atom stereocenters. The fourth-order valence-electron chi connectivity index (χ4n) is 0.508. The summed E-state index contributed by atoms with van der Waals surface area (Å²) in [6.07, 6.45) is 0. The van der Waals surface area contributed by atoms with Gasteiger partial charge in [0, 0.05) is 12.7 Å². The quantitative estimate of drug-likeness (QED) is 0.573. The second-order valence-corrected chi connectivity index (χ2v) is 2.28. The largest absolute Gasteiger partial charge is 0.391 e. The van der Waals surface area contributed by atoms with Crippen molar-refractivity contribution in [3.05, 3.63) is 23.4 Å². The van der Waals surface area contributed by atoms with Crippen LogP contribution in [0.2, 0.25) is 0 Å². The van der Waals surface area contributed by atoms with Crippen molar-refractivity contribution in [1.82, 2.24) is 5.32 Å². The van der Waals surface area contributed by atoms with Gasteiger partial charge in [0.1, 0.15) is 0 Å². The van der Waals surface area contributed by atoms with E-state index in [1.165, 1.54) is 11.3 Å². The third-order valence-corrected chi connectivity index (χ3v) is 1.58. The zero-order valence-electron chi connectivity index (χ0n) is 14.7. The Bertz CT molecular complexity index is 144. The maximum Gasteiger partial charge on any atom is 0.0105 e. The molecule has 0 aromatic rings. The van der Waals surface area contributed by atoms with Crippen molar-refractivity contribution < 1.29 is 0 Å². The van der Waals surface area contributed by atoms with E-state index in [1.54, 1.807) is 0 Å². The molecular weight excluding hydrogens is 206 g/mol. The van der Waals surface area contributed by atoms with E-state index in [-0.39, 0.29) is 0 Å². The molecule has 0 amide bonds. The van der Waals surface area contributed by atoms with E-state index in [2.05, 4.69) is 18.8 Å². The van der Waals surface area contributed by atoms with Crippen LogP contribution in [0, 0.1) is 0 Å². The molecular formula is C16H39N. The minimum Gasteiger partial charge on any atom is -0.391 e. The zero-order valence-corrected chi connectivity index (χ0v) is 14.7. The molecule has 17 heavy (non-hydrogen) atoms. The highest BCUT2D eigenvalue weighted by Crippen LogP contribution is 2.07. The van der Waals surface area contributed by atoms with E-state index in [0.29, 0.717) is 0 Å². The summed E-state index contributed by atoms with van der Waals surface area (Å²) < 4.78 is 0. The van der Waals surface area contributed by atoms with Gasteiger partial charge in [0.25, 0.3) is 0 Å². The van der Waals surface area contributed by atoms with Crippen LogP contribution >= 0.6 is 0 Å². The van der Waals surface area contributed by atoms with Crippen molar-refractivity contribution in [2.75, 3.05) is 7.05 Å². The number of nitrogens with one attached hydrogen (secondary N) is 1. The van der Waals surface area contributed by atoms with Crippen molar-refractivity contribution in [2.24, 2.45) is 0 Å². The lowest BCUT2D eigenvalue weighted by Gasteiger charge is -2.04. The smallest absolute Gasteiger partial charge is 0.0105 e. The molecule has 0 bridgehead atoms. The maximum absolute atomic E-state index is 3.83. The summed E-state index contributed by atoms with van der Waals surface area (Å²) in [6, 6.07) is 0. The van der Waals surface area contributed by atoms with E-state index in [9.17, 15) is 0 Å². The van der Waals surface area contributed by atoms with Gasteiger partial charge >= 0.3 is 0 Å². The molecule has 0 aliphatic carbocycles. The highest BCUT2D eigenvalue weighted by molar-refractivity contribution is 5.27. The first kappa shape index (κ1) is 29.9. The van der Waals surface area contributed by atoms with Gasteiger partial charge in [0.2, 0.25) is 0 Å². The van der Waals surface area contributed by atoms with Gasteiger partial charge in [-0.2, -0.15) is 0 Å². The van der Waals surface area contributed by atoms with Gasteiger partial charge in [-0.15, -0.1) is 0 Å². The first-order valence-corrected chi connectivity index (χ1v) is 7.10. The van der Waals surface area contributed by atoms with E-state index in [4.69, 9.17) is 0 Å². The lowest BCUT2D eigenvalue weighted by Crippen LogP contribution is -2.04. The zero-order chi connectivity index (χ0) is 15.4. The molecule has 0 aliphatic heterocycles. The highest BCUT2D eigenvalue weighted by atomic mass is 14.8. The SMILES string of the molecule is C=C(C)/C(C)=C(\C)NC.CC.CC.CC.CC. The number of hydrogen-bond acceptors (Lipinski definition) is 1. The van der Waals surface area contributed by atoms with Gasteiger partial charge in [-0.1, -0.05) is 67.5 Å². The summed E-state index contributed by atoms with van der Waals surface area (Å²) in [5, 5.41) is 3.06. The molecule has 0 aromatic carbocycles. The molecule has 1 N–H and O–H groups in total. The summed E-state index contributed by atoms with van der Waals surface area (Å²) in [7, 11) is 1.92. The number of allylic oxidation sites excluding steroid dienone is 3. The Labute approximate surface area is 112 Å². The number of rotatable bonds is 2. The summed E-state index contributed by atoms with van der Waals surface area (Å²) >= 11 is 0. The third-order valence-electron chi connectivity index (χ3n) is 1.58. The minimum atomic E-state index is 1.13. The Kier molecular flexibility index (Phi) is 63.6. The van der Waals surface area contributed by atoms with Gasteiger partial charge in [0.15, 0.2) is 0 Å². The molecule has 0 spiro atoms. The van der Waals surface area contributed by atoms with Crippen LogP contribution in [-0.4, -0.2) is 7.05 Å². The van der Waals surface area contributed by atoms with Gasteiger partial charge in [-0.05, 0) is 26.3 Å². The number of hydrogen-bond donors (Lipinski definition) is 1. The van der Waals surface area contributed by atoms with E-state index in [0.717, 1.165) is 5.57 Å². The lowest BCUT2D eigenvalue weighted by molar-refractivity contribution is 0.961. The first-order valence-electron chi connectivity index (χ1n) is 7.10. The lowest BCUT2D eigenvalue weighted by atomic mass is 10.1. The van der Waals surface area contributed by atoms with Crippen LogP contribution in [0.3, 0.4) is 0 Å². The monoisotopic (exact) mass is 245 g/mol. The summed E-state index contributed by atoms with van der Waals surface area (Å²) in [5.74, 6) is 0. The highest BCUT2D eigenvalue weighted by Gasteiger charge is 1.92. The van der Waals surface area contributed by atoms with Crippen LogP contribution in [0.5, 0.6) is 0 Å². The Morgan fingerprint density at radius 1 is 0.706 bits per heavy atom. The van der Waals surface area contributed by atoms with Crippen molar-refractivity contribution in [3.8, 4) is 0 Å². The molecule has 0 saturated carbocycles. The van der Waals surface area contributed by atoms with E-state index >= 15 is 0 Å². The van der Waals surface area contributed by atoms with Crippen molar-refractivity contribution in [3.63, 3.8) is 0 Å². The second kappa shape index (κ2) is 36.2. The molecule has 108 valence electrons. The molecule has 0 fully saturated rings. The molecule has 0 unspecified atom stereocenters. The van der Waals surface area contributed by atoms with Crippen molar-refractivity contribution in [1.29, 1.82) is 0 Å². The fraction of sp³-hybridized carbons (Fsp3) is 0.750. The Hall–Kier alpha value is -0.720. The Morgan fingerprint density at radius 3 is 1.00 bits per heavy atom. The Morgan fingerprint density at radius 2 is 0.941 bits per heavy atom. The van der Waals surface area contributed by atoms with Crippen LogP contribution in [0.15, 0.2) is 23.4 Å². The van der Waals surface area contributed by atoms with Crippen LogP contribution < -0.4 is 5.32 Å². The predicted octanol–water partition coefficient (Wildman–Crippen LogP) is 6.18. The summed E-state index contributed by atoms with van der Waals surface area (Å²) in [6.45, 7) is 25.9. The van der Waals surface area contributed by atoms with Crippen LogP contribution in [0.1, 0.15) is 76.2 Å². The standard InChI is InChI=1S/C8H15N.4C2H6/c1-6(2)7(3)8(4)9-5;4*1-2/h9H,1H2,2-5H3;4*1-2H3/b8-7+;;;;. The van der Waals surface area contributed by atoms with Crippen molar-refractivity contribution >= 4 is 0 Å². The van der Waals surface area contributed by atoms with Crippen molar-refractivity contribution in [2.45, 2.75) is 76.2 Å². The average molecular weight is 245 g/mol. The first-order chi connectivity index (χ1) is 8.09. The molecule has 0 heterocycles. The molecule has 1 nitrogen and oxygen atoms in total. The van der Waals surface area contributed by atoms with Crippen LogP contribution in [-0.2, 0) is 0 Å². The Balaban J connectivity index is -0.0000000507. The van der Waals surface area contributed by atoms with Crippen LogP contribution in [0.25, 0.3) is 0 Å². The summed E-state index contributed by atoms with van der Waals surface area (Å²) in [4.78, 5) is 0. The molecule has 0 aliphatic rings. The molecule has 0 rings (SSSR count). The van der Waals surface area contributed by atoms with Gasteiger partial charge in [-0.25, -0.2) is 0 Å². The molecule has 0 radical (unpaired) electrons. The molecule has 0 saturated heterocycles. The topological polar surface area (TPSA) is 12.0 Å². The second-order valence-electron chi connectivity index (χ2n) is 2.28. The van der Waals surface area contributed by atoms with Gasteiger partial charge in [0.05, 0.1) is 0 Å². The summed E-state index contributed by atoms with van der Waals surface area (Å²) in [5.41, 5.74) is 3.57. The fourth-order valence-corrected chi connectivity index (χ4v) is 0.508. The van der Waals surface area contributed by atoms with Gasteiger partial charge < -0.3 is 5.32 Å². The van der Waals surface area contributed by atoms with Gasteiger partial charge in [-0.3, -0.25) is 0 Å². The van der Waals surface area contributed by atoms with Crippen LogP contribution in [0.4, 0.5) is 0 Å².